The fourth-order valence-corrected chi connectivity index (χ4v) is 2.26. The van der Waals surface area contributed by atoms with Gasteiger partial charge in [0.05, 0.1) is 25.8 Å². The van der Waals surface area contributed by atoms with E-state index in [-0.39, 0.29) is 6.03 Å². The highest BCUT2D eigenvalue weighted by Crippen LogP contribution is 2.21. The molecule has 6 nitrogen and oxygen atoms in total. The van der Waals surface area contributed by atoms with Gasteiger partial charge in [-0.25, -0.2) is 9.59 Å². The minimum atomic E-state index is -0.564. The standard InChI is InChI=1S/C16H18N2O4/c1-10-14(15(19)22-3)12(18-16(20)17-10)9-8-11-6-4-5-7-13(11)21-2/h4-9,12H,1-3H3,(H2,17,18,20)/b9-8+/t12-/m0/s1. The average Bonchev–Trinajstić information content (AvgIpc) is 2.52. The van der Waals surface area contributed by atoms with Crippen molar-refractivity contribution in [2.75, 3.05) is 14.2 Å². The number of hydrogen-bond acceptors (Lipinski definition) is 4. The molecule has 0 fully saturated rings. The minimum absolute atomic E-state index is 0.361. The lowest BCUT2D eigenvalue weighted by molar-refractivity contribution is -0.136. The van der Waals surface area contributed by atoms with Gasteiger partial charge in [-0.3, -0.25) is 0 Å². The van der Waals surface area contributed by atoms with Gasteiger partial charge < -0.3 is 20.1 Å². The van der Waals surface area contributed by atoms with Crippen LogP contribution < -0.4 is 15.4 Å². The molecule has 0 spiro atoms. The van der Waals surface area contributed by atoms with Gasteiger partial charge in [-0.2, -0.15) is 0 Å². The van der Waals surface area contributed by atoms with Gasteiger partial charge in [-0.05, 0) is 13.0 Å². The molecule has 0 aromatic heterocycles. The first-order valence-electron chi connectivity index (χ1n) is 6.74. The number of amides is 2. The van der Waals surface area contributed by atoms with E-state index in [1.54, 1.807) is 26.2 Å². The van der Waals surface area contributed by atoms with E-state index in [0.717, 1.165) is 5.56 Å². The Morgan fingerprint density at radius 3 is 2.68 bits per heavy atom. The first-order chi connectivity index (χ1) is 10.6. The molecule has 1 aromatic rings. The third kappa shape index (κ3) is 3.28. The first kappa shape index (κ1) is 15.6. The van der Waals surface area contributed by atoms with Crippen LogP contribution in [-0.4, -0.2) is 32.3 Å². The number of carbonyl (C=O) groups excluding carboxylic acids is 2. The summed E-state index contributed by atoms with van der Waals surface area (Å²) in [5.74, 6) is 0.221. The van der Waals surface area contributed by atoms with Gasteiger partial charge in [0, 0.05) is 11.3 Å². The van der Waals surface area contributed by atoms with Crippen molar-refractivity contribution in [1.29, 1.82) is 0 Å². The van der Waals surface area contributed by atoms with E-state index in [1.165, 1.54) is 7.11 Å². The fraction of sp³-hybridized carbons (Fsp3) is 0.250. The maximum atomic E-state index is 11.9. The zero-order valence-corrected chi connectivity index (χ0v) is 12.7. The average molecular weight is 302 g/mol. The smallest absolute Gasteiger partial charge is 0.337 e. The minimum Gasteiger partial charge on any atom is -0.496 e. The predicted octanol–water partition coefficient (Wildman–Crippen LogP) is 1.84. The number of methoxy groups -OCH3 is 2. The largest absolute Gasteiger partial charge is 0.496 e. The van der Waals surface area contributed by atoms with Crippen molar-refractivity contribution in [3.05, 3.63) is 47.2 Å². The summed E-state index contributed by atoms with van der Waals surface area (Å²) in [7, 11) is 2.89. The molecule has 22 heavy (non-hydrogen) atoms. The molecule has 1 aromatic carbocycles. The van der Waals surface area contributed by atoms with Gasteiger partial charge in [0.15, 0.2) is 0 Å². The number of esters is 1. The summed E-state index contributed by atoms with van der Waals surface area (Å²) in [6.07, 6.45) is 3.53. The Balaban J connectivity index is 2.33. The van der Waals surface area contributed by atoms with Crippen LogP contribution in [0.2, 0.25) is 0 Å². The molecule has 0 aliphatic carbocycles. The number of urea groups is 1. The van der Waals surface area contributed by atoms with Gasteiger partial charge in [0.1, 0.15) is 5.75 Å². The molecule has 2 N–H and O–H groups in total. The van der Waals surface area contributed by atoms with Crippen LogP contribution in [0.5, 0.6) is 5.75 Å². The van der Waals surface area contributed by atoms with Crippen molar-refractivity contribution in [3.63, 3.8) is 0 Å². The number of ether oxygens (including phenoxy) is 2. The summed E-state index contributed by atoms with van der Waals surface area (Å²) < 4.78 is 10.0. The first-order valence-corrected chi connectivity index (χ1v) is 6.74. The molecule has 0 unspecified atom stereocenters. The molecule has 0 saturated carbocycles. The predicted molar refractivity (Wildman–Crippen MR) is 82.2 cm³/mol. The van der Waals surface area contributed by atoms with E-state index < -0.39 is 12.0 Å². The van der Waals surface area contributed by atoms with Gasteiger partial charge in [0.2, 0.25) is 0 Å². The Morgan fingerprint density at radius 1 is 1.27 bits per heavy atom. The Hall–Kier alpha value is -2.76. The maximum absolute atomic E-state index is 11.9. The quantitative estimate of drug-likeness (QED) is 0.832. The Bertz CT molecular complexity index is 649. The van der Waals surface area contributed by atoms with Crippen LogP contribution in [-0.2, 0) is 9.53 Å². The lowest BCUT2D eigenvalue weighted by Crippen LogP contribution is -2.49. The molecule has 2 amide bonds. The summed E-state index contributed by atoms with van der Waals surface area (Å²) in [5, 5.41) is 5.25. The van der Waals surface area contributed by atoms with Crippen LogP contribution >= 0.6 is 0 Å². The number of carbonyl (C=O) groups is 2. The summed E-state index contributed by atoms with van der Waals surface area (Å²) in [6, 6.07) is 6.54. The zero-order chi connectivity index (χ0) is 16.1. The van der Waals surface area contributed by atoms with E-state index >= 15 is 0 Å². The van der Waals surface area contributed by atoms with Crippen LogP contribution in [0, 0.1) is 0 Å². The van der Waals surface area contributed by atoms with E-state index in [1.807, 2.05) is 24.3 Å². The van der Waals surface area contributed by atoms with Gasteiger partial charge in [-0.1, -0.05) is 30.4 Å². The number of nitrogens with one attached hydrogen (secondary N) is 2. The van der Waals surface area contributed by atoms with Crippen molar-refractivity contribution >= 4 is 18.1 Å². The SMILES string of the molecule is COC(=O)C1=C(C)NC(=O)N[C@H]1/C=C/c1ccccc1OC. The van der Waals surface area contributed by atoms with Crippen molar-refractivity contribution in [2.24, 2.45) is 0 Å². The highest BCUT2D eigenvalue weighted by Gasteiger charge is 2.28. The normalized spacial score (nSPS) is 18.0. The van der Waals surface area contributed by atoms with Crippen LogP contribution in [0.4, 0.5) is 4.79 Å². The summed E-state index contributed by atoms with van der Waals surface area (Å²) in [5.41, 5.74) is 1.69. The Kier molecular flexibility index (Phi) is 4.83. The number of hydrogen-bond donors (Lipinski definition) is 2. The number of allylic oxidation sites excluding steroid dienone is 1. The molecular formula is C16H18N2O4. The molecule has 2 rings (SSSR count). The lowest BCUT2D eigenvalue weighted by Gasteiger charge is -2.25. The molecule has 1 heterocycles. The Labute approximate surface area is 128 Å². The van der Waals surface area contributed by atoms with Crippen LogP contribution in [0.1, 0.15) is 12.5 Å². The fourth-order valence-electron chi connectivity index (χ4n) is 2.26. The molecule has 0 radical (unpaired) electrons. The van der Waals surface area contributed by atoms with Crippen molar-refractivity contribution in [1.82, 2.24) is 10.6 Å². The molecule has 1 atom stereocenters. The highest BCUT2D eigenvalue weighted by atomic mass is 16.5. The monoisotopic (exact) mass is 302 g/mol. The van der Waals surface area contributed by atoms with Crippen LogP contribution in [0.25, 0.3) is 6.08 Å². The molecule has 1 aliphatic heterocycles. The second-order valence-electron chi connectivity index (χ2n) is 4.71. The number of benzene rings is 1. The molecule has 0 bridgehead atoms. The van der Waals surface area contributed by atoms with Crippen LogP contribution in [0.3, 0.4) is 0 Å². The Morgan fingerprint density at radius 2 is 2.00 bits per heavy atom. The number of rotatable bonds is 4. The van der Waals surface area contributed by atoms with Gasteiger partial charge >= 0.3 is 12.0 Å². The number of para-hydroxylation sites is 1. The van der Waals surface area contributed by atoms with E-state index in [4.69, 9.17) is 9.47 Å². The molecular weight excluding hydrogens is 284 g/mol. The third-order valence-corrected chi connectivity index (χ3v) is 3.32. The lowest BCUT2D eigenvalue weighted by atomic mass is 10.0. The third-order valence-electron chi connectivity index (χ3n) is 3.32. The van der Waals surface area contributed by atoms with Crippen molar-refractivity contribution < 1.29 is 19.1 Å². The van der Waals surface area contributed by atoms with Crippen molar-refractivity contribution in [3.8, 4) is 5.75 Å². The highest BCUT2D eigenvalue weighted by molar-refractivity contribution is 5.95. The summed E-state index contributed by atoms with van der Waals surface area (Å²) in [4.78, 5) is 23.5. The van der Waals surface area contributed by atoms with E-state index in [2.05, 4.69) is 10.6 Å². The van der Waals surface area contributed by atoms with Crippen molar-refractivity contribution in [2.45, 2.75) is 13.0 Å². The second-order valence-corrected chi connectivity index (χ2v) is 4.71. The zero-order valence-electron chi connectivity index (χ0n) is 12.7. The van der Waals surface area contributed by atoms with Crippen LogP contribution in [0.15, 0.2) is 41.6 Å². The van der Waals surface area contributed by atoms with Gasteiger partial charge in [-0.15, -0.1) is 0 Å². The molecule has 116 valence electrons. The van der Waals surface area contributed by atoms with Gasteiger partial charge in [0.25, 0.3) is 0 Å². The maximum Gasteiger partial charge on any atom is 0.337 e. The summed E-state index contributed by atoms with van der Waals surface area (Å²) in [6.45, 7) is 1.66. The second kappa shape index (κ2) is 6.80. The van der Waals surface area contributed by atoms with E-state index in [9.17, 15) is 9.59 Å². The summed E-state index contributed by atoms with van der Waals surface area (Å²) >= 11 is 0. The topological polar surface area (TPSA) is 76.7 Å². The molecule has 6 heteroatoms. The molecule has 1 aliphatic rings. The molecule has 0 saturated heterocycles. The van der Waals surface area contributed by atoms with E-state index in [0.29, 0.717) is 17.0 Å².